The molecule has 0 saturated carbocycles. The number of hydrogen-bond donors (Lipinski definition) is 1. The van der Waals surface area contributed by atoms with Crippen molar-refractivity contribution >= 4 is 11.8 Å². The van der Waals surface area contributed by atoms with Crippen LogP contribution in [0.2, 0.25) is 0 Å². The Morgan fingerprint density at radius 3 is 2.12 bits per heavy atom. The molecule has 16 heavy (non-hydrogen) atoms. The minimum Gasteiger partial charge on any atom is -0.478 e. The van der Waals surface area contributed by atoms with Gasteiger partial charge in [0.1, 0.15) is 0 Å². The molecule has 0 bridgehead atoms. The highest BCUT2D eigenvalue weighted by Crippen LogP contribution is 2.16. The standard InChI is InChI=1S/C13H14O3/c1-8-6-10(3)11(7-9(8)2)12(14)4-5-13(15)16/h4-7H,1-3H3,(H,15,16)/b5-4-. The second kappa shape index (κ2) is 4.75. The summed E-state index contributed by atoms with van der Waals surface area (Å²) in [6.45, 7) is 5.74. The summed E-state index contributed by atoms with van der Waals surface area (Å²) in [4.78, 5) is 22.0. The van der Waals surface area contributed by atoms with Crippen molar-refractivity contribution in [2.75, 3.05) is 0 Å². The predicted molar refractivity (Wildman–Crippen MR) is 61.8 cm³/mol. The second-order valence-electron chi connectivity index (χ2n) is 3.79. The van der Waals surface area contributed by atoms with Gasteiger partial charge in [-0.3, -0.25) is 4.79 Å². The molecule has 0 aliphatic heterocycles. The van der Waals surface area contributed by atoms with Gasteiger partial charge in [0.15, 0.2) is 5.78 Å². The van der Waals surface area contributed by atoms with Gasteiger partial charge in [-0.2, -0.15) is 0 Å². The molecule has 0 unspecified atom stereocenters. The first kappa shape index (κ1) is 12.2. The van der Waals surface area contributed by atoms with Gasteiger partial charge in [-0.25, -0.2) is 4.79 Å². The van der Waals surface area contributed by atoms with Crippen molar-refractivity contribution in [3.8, 4) is 0 Å². The van der Waals surface area contributed by atoms with E-state index in [4.69, 9.17) is 5.11 Å². The van der Waals surface area contributed by atoms with Crippen molar-refractivity contribution in [3.05, 3.63) is 46.5 Å². The first-order chi connectivity index (χ1) is 7.41. The quantitative estimate of drug-likeness (QED) is 0.626. The first-order valence-corrected chi connectivity index (χ1v) is 4.95. The molecule has 0 spiro atoms. The van der Waals surface area contributed by atoms with E-state index < -0.39 is 5.97 Å². The highest BCUT2D eigenvalue weighted by molar-refractivity contribution is 6.07. The van der Waals surface area contributed by atoms with Crippen molar-refractivity contribution in [1.29, 1.82) is 0 Å². The van der Waals surface area contributed by atoms with Crippen LogP contribution in [-0.2, 0) is 4.79 Å². The fourth-order valence-corrected chi connectivity index (χ4v) is 1.46. The number of carbonyl (C=O) groups excluding carboxylic acids is 1. The normalized spacial score (nSPS) is 10.7. The molecule has 0 radical (unpaired) electrons. The highest BCUT2D eigenvalue weighted by atomic mass is 16.4. The number of carbonyl (C=O) groups is 2. The van der Waals surface area contributed by atoms with Crippen LogP contribution in [-0.4, -0.2) is 16.9 Å². The van der Waals surface area contributed by atoms with E-state index >= 15 is 0 Å². The lowest BCUT2D eigenvalue weighted by Crippen LogP contribution is -2.01. The molecule has 1 rings (SSSR count). The van der Waals surface area contributed by atoms with Gasteiger partial charge in [-0.15, -0.1) is 0 Å². The molecule has 0 heterocycles. The minimum absolute atomic E-state index is 0.275. The van der Waals surface area contributed by atoms with Gasteiger partial charge in [0.05, 0.1) is 0 Å². The molecule has 1 N–H and O–H groups in total. The van der Waals surface area contributed by atoms with Crippen molar-refractivity contribution in [1.82, 2.24) is 0 Å². The Bertz CT molecular complexity index is 470. The van der Waals surface area contributed by atoms with Crippen LogP contribution in [0.15, 0.2) is 24.3 Å². The smallest absolute Gasteiger partial charge is 0.328 e. The Morgan fingerprint density at radius 2 is 1.56 bits per heavy atom. The summed E-state index contributed by atoms with van der Waals surface area (Å²) >= 11 is 0. The molecule has 1 aromatic carbocycles. The number of aryl methyl sites for hydroxylation is 3. The third-order valence-electron chi connectivity index (χ3n) is 2.48. The van der Waals surface area contributed by atoms with E-state index in [-0.39, 0.29) is 5.78 Å². The molecule has 0 aliphatic carbocycles. The Labute approximate surface area is 94.4 Å². The summed E-state index contributed by atoms with van der Waals surface area (Å²) in [5.41, 5.74) is 3.57. The zero-order valence-electron chi connectivity index (χ0n) is 9.57. The molecule has 0 aromatic heterocycles. The number of allylic oxidation sites excluding steroid dienone is 1. The lowest BCUT2D eigenvalue weighted by molar-refractivity contribution is -0.131. The molecule has 0 aliphatic rings. The van der Waals surface area contributed by atoms with Gasteiger partial charge in [-0.05, 0) is 49.6 Å². The van der Waals surface area contributed by atoms with E-state index in [1.54, 1.807) is 6.07 Å². The molecule has 1 aromatic rings. The van der Waals surface area contributed by atoms with Crippen molar-refractivity contribution in [3.63, 3.8) is 0 Å². The Morgan fingerprint density at radius 1 is 1.00 bits per heavy atom. The number of rotatable bonds is 3. The van der Waals surface area contributed by atoms with Gasteiger partial charge in [0.25, 0.3) is 0 Å². The third-order valence-corrected chi connectivity index (χ3v) is 2.48. The van der Waals surface area contributed by atoms with Crippen LogP contribution in [0.25, 0.3) is 0 Å². The van der Waals surface area contributed by atoms with Gasteiger partial charge in [0, 0.05) is 11.6 Å². The summed E-state index contributed by atoms with van der Waals surface area (Å²) in [5, 5.41) is 8.44. The number of ketones is 1. The van der Waals surface area contributed by atoms with Crippen LogP contribution in [0, 0.1) is 20.8 Å². The summed E-state index contributed by atoms with van der Waals surface area (Å²) in [6.07, 6.45) is 1.94. The highest BCUT2D eigenvalue weighted by Gasteiger charge is 2.08. The lowest BCUT2D eigenvalue weighted by Gasteiger charge is -2.06. The van der Waals surface area contributed by atoms with E-state index in [9.17, 15) is 9.59 Å². The number of benzene rings is 1. The topological polar surface area (TPSA) is 54.4 Å². The van der Waals surface area contributed by atoms with Gasteiger partial charge < -0.3 is 5.11 Å². The maximum Gasteiger partial charge on any atom is 0.328 e. The second-order valence-corrected chi connectivity index (χ2v) is 3.79. The number of hydrogen-bond acceptors (Lipinski definition) is 2. The summed E-state index contributed by atoms with van der Waals surface area (Å²) < 4.78 is 0. The van der Waals surface area contributed by atoms with E-state index in [0.29, 0.717) is 5.56 Å². The van der Waals surface area contributed by atoms with Crippen LogP contribution < -0.4 is 0 Å². The summed E-state index contributed by atoms with van der Waals surface area (Å²) in [7, 11) is 0. The van der Waals surface area contributed by atoms with Gasteiger partial charge in [0.2, 0.25) is 0 Å². The SMILES string of the molecule is Cc1cc(C)c(C(=O)/C=C\C(=O)O)cc1C. The van der Waals surface area contributed by atoms with E-state index in [2.05, 4.69) is 0 Å². The number of carboxylic acids is 1. The summed E-state index contributed by atoms with van der Waals surface area (Å²) in [5.74, 6) is -1.39. The molecule has 0 fully saturated rings. The third kappa shape index (κ3) is 2.79. The molecular formula is C13H14O3. The lowest BCUT2D eigenvalue weighted by atomic mass is 9.98. The largest absolute Gasteiger partial charge is 0.478 e. The van der Waals surface area contributed by atoms with Crippen LogP contribution in [0.4, 0.5) is 0 Å². The maximum atomic E-state index is 11.7. The van der Waals surface area contributed by atoms with Crippen molar-refractivity contribution < 1.29 is 14.7 Å². The maximum absolute atomic E-state index is 11.7. The monoisotopic (exact) mass is 218 g/mol. The van der Waals surface area contributed by atoms with Crippen LogP contribution in [0.3, 0.4) is 0 Å². The average molecular weight is 218 g/mol. The Balaban J connectivity index is 3.09. The average Bonchev–Trinajstić information content (AvgIpc) is 2.20. The molecule has 3 nitrogen and oxygen atoms in total. The zero-order chi connectivity index (χ0) is 12.3. The molecule has 0 saturated heterocycles. The van der Waals surface area contributed by atoms with Gasteiger partial charge >= 0.3 is 5.97 Å². The number of aliphatic carboxylic acids is 1. The van der Waals surface area contributed by atoms with E-state index in [1.165, 1.54) is 0 Å². The number of carboxylic acid groups (broad SMARTS) is 1. The molecule has 3 heteroatoms. The molecule has 0 atom stereocenters. The molecular weight excluding hydrogens is 204 g/mol. The zero-order valence-corrected chi connectivity index (χ0v) is 9.57. The van der Waals surface area contributed by atoms with Crippen LogP contribution in [0.5, 0.6) is 0 Å². The summed E-state index contributed by atoms with van der Waals surface area (Å²) in [6, 6.07) is 3.72. The van der Waals surface area contributed by atoms with E-state index in [0.717, 1.165) is 28.8 Å². The predicted octanol–water partition coefficient (Wildman–Crippen LogP) is 2.44. The fraction of sp³-hybridized carbons (Fsp3) is 0.231. The van der Waals surface area contributed by atoms with Crippen LogP contribution in [0.1, 0.15) is 27.0 Å². The first-order valence-electron chi connectivity index (χ1n) is 4.95. The minimum atomic E-state index is -1.12. The Kier molecular flexibility index (Phi) is 3.61. The molecule has 84 valence electrons. The fourth-order valence-electron chi connectivity index (χ4n) is 1.46. The van der Waals surface area contributed by atoms with Crippen LogP contribution >= 0.6 is 0 Å². The van der Waals surface area contributed by atoms with Gasteiger partial charge in [-0.1, -0.05) is 6.07 Å². The van der Waals surface area contributed by atoms with Crippen molar-refractivity contribution in [2.24, 2.45) is 0 Å². The van der Waals surface area contributed by atoms with E-state index in [1.807, 2.05) is 26.8 Å². The van der Waals surface area contributed by atoms with Crippen molar-refractivity contribution in [2.45, 2.75) is 20.8 Å². The molecule has 0 amide bonds. The Hall–Kier alpha value is -1.90.